The molecule has 0 aromatic carbocycles. The van der Waals surface area contributed by atoms with Crippen molar-refractivity contribution in [3.63, 3.8) is 0 Å². The molecule has 0 spiro atoms. The number of aromatic nitrogens is 1. The molecule has 11 heavy (non-hydrogen) atoms. The summed E-state index contributed by atoms with van der Waals surface area (Å²) in [6, 6.07) is 3.85. The van der Waals surface area contributed by atoms with Crippen molar-refractivity contribution in [2.75, 3.05) is 0 Å². The van der Waals surface area contributed by atoms with Crippen molar-refractivity contribution >= 4 is 0 Å². The minimum atomic E-state index is 0. The Bertz CT molecular complexity index is 194. The third-order valence-electron chi connectivity index (χ3n) is 1.47. The molecular formula is C8H13NO2. The van der Waals surface area contributed by atoms with Crippen LogP contribution in [-0.2, 0) is 13.2 Å². The lowest BCUT2D eigenvalue weighted by Gasteiger charge is -1.93. The molecule has 0 radical (unpaired) electrons. The highest BCUT2D eigenvalue weighted by atomic mass is 16.3. The molecule has 3 heteroatoms. The maximum Gasteiger partial charge on any atom is 0.174 e. The first-order valence-electron chi connectivity index (χ1n) is 3.45. The Balaban J connectivity index is 0.000001000. The molecule has 2 N–H and O–H groups in total. The van der Waals surface area contributed by atoms with Crippen LogP contribution < -0.4 is 4.57 Å². The average molecular weight is 155 g/mol. The van der Waals surface area contributed by atoms with Crippen molar-refractivity contribution in [2.24, 2.45) is 0 Å². The fraction of sp³-hybridized carbons (Fsp3) is 0.375. The van der Waals surface area contributed by atoms with Crippen LogP contribution in [0.2, 0.25) is 0 Å². The van der Waals surface area contributed by atoms with E-state index in [1.54, 1.807) is 0 Å². The van der Waals surface area contributed by atoms with Crippen LogP contribution in [-0.4, -0.2) is 10.6 Å². The van der Waals surface area contributed by atoms with Gasteiger partial charge in [0.15, 0.2) is 12.4 Å². The lowest BCUT2D eigenvalue weighted by molar-refractivity contribution is -0.694. The van der Waals surface area contributed by atoms with Gasteiger partial charge < -0.3 is 10.6 Å². The average Bonchev–Trinajstić information content (AvgIpc) is 2.05. The van der Waals surface area contributed by atoms with Crippen LogP contribution in [0.1, 0.15) is 12.5 Å². The van der Waals surface area contributed by atoms with Crippen LogP contribution in [0.5, 0.6) is 0 Å². The van der Waals surface area contributed by atoms with Gasteiger partial charge in [-0.3, -0.25) is 0 Å². The van der Waals surface area contributed by atoms with E-state index < -0.39 is 0 Å². The van der Waals surface area contributed by atoms with Gasteiger partial charge in [0.2, 0.25) is 0 Å². The van der Waals surface area contributed by atoms with E-state index >= 15 is 0 Å². The molecule has 3 nitrogen and oxygen atoms in total. The Labute approximate surface area is 66.2 Å². The van der Waals surface area contributed by atoms with Crippen molar-refractivity contribution in [3.8, 4) is 0 Å². The lowest BCUT2D eigenvalue weighted by atomic mass is 10.3. The van der Waals surface area contributed by atoms with Gasteiger partial charge in [0, 0.05) is 11.6 Å². The zero-order chi connectivity index (χ0) is 7.40. The SMILES string of the molecule is CC[n+]1cccc(CO)c1.[OH-]. The molecule has 0 bridgehead atoms. The minimum absolute atomic E-state index is 0. The summed E-state index contributed by atoms with van der Waals surface area (Å²) in [6.07, 6.45) is 3.93. The van der Waals surface area contributed by atoms with E-state index in [9.17, 15) is 0 Å². The van der Waals surface area contributed by atoms with E-state index in [2.05, 4.69) is 6.92 Å². The van der Waals surface area contributed by atoms with E-state index in [4.69, 9.17) is 5.11 Å². The first-order chi connectivity index (χ1) is 4.86. The smallest absolute Gasteiger partial charge is 0.174 e. The van der Waals surface area contributed by atoms with Crippen LogP contribution >= 0.6 is 0 Å². The highest BCUT2D eigenvalue weighted by molar-refractivity contribution is 5.02. The molecule has 0 aliphatic heterocycles. The normalized spacial score (nSPS) is 8.91. The second-order valence-corrected chi connectivity index (χ2v) is 2.20. The van der Waals surface area contributed by atoms with E-state index in [-0.39, 0.29) is 12.1 Å². The van der Waals surface area contributed by atoms with Gasteiger partial charge in [0.1, 0.15) is 6.54 Å². The molecule has 0 atom stereocenters. The number of hydrogen-bond acceptors (Lipinski definition) is 2. The topological polar surface area (TPSA) is 54.1 Å². The predicted octanol–water partition coefficient (Wildman–Crippen LogP) is 0.310. The van der Waals surface area contributed by atoms with Gasteiger partial charge in [-0.25, -0.2) is 4.57 Å². The fourth-order valence-electron chi connectivity index (χ4n) is 0.866. The highest BCUT2D eigenvalue weighted by Crippen LogP contribution is 1.91. The van der Waals surface area contributed by atoms with Crippen LogP contribution in [0.4, 0.5) is 0 Å². The molecule has 62 valence electrons. The molecule has 0 aliphatic rings. The van der Waals surface area contributed by atoms with E-state index in [1.807, 2.05) is 29.1 Å². The summed E-state index contributed by atoms with van der Waals surface area (Å²) >= 11 is 0. The van der Waals surface area contributed by atoms with Crippen LogP contribution in [0.15, 0.2) is 24.5 Å². The number of pyridine rings is 1. The summed E-state index contributed by atoms with van der Waals surface area (Å²) in [5, 5.41) is 8.74. The number of nitrogens with zero attached hydrogens (tertiary/aromatic N) is 1. The maximum atomic E-state index is 8.74. The predicted molar refractivity (Wildman–Crippen MR) is 40.2 cm³/mol. The van der Waals surface area contributed by atoms with Gasteiger partial charge in [-0.2, -0.15) is 0 Å². The summed E-state index contributed by atoms with van der Waals surface area (Å²) in [5.41, 5.74) is 0.962. The third kappa shape index (κ3) is 2.65. The Kier molecular flexibility index (Phi) is 4.41. The summed E-state index contributed by atoms with van der Waals surface area (Å²) < 4.78 is 2.03. The highest BCUT2D eigenvalue weighted by Gasteiger charge is 1.96. The van der Waals surface area contributed by atoms with Crippen molar-refractivity contribution in [3.05, 3.63) is 30.1 Å². The lowest BCUT2D eigenvalue weighted by Crippen LogP contribution is -2.31. The first-order valence-corrected chi connectivity index (χ1v) is 3.45. The van der Waals surface area contributed by atoms with Gasteiger partial charge in [0.25, 0.3) is 0 Å². The molecule has 1 heterocycles. The molecule has 1 rings (SSSR count). The quantitative estimate of drug-likeness (QED) is 0.625. The summed E-state index contributed by atoms with van der Waals surface area (Å²) in [7, 11) is 0. The molecule has 0 unspecified atom stereocenters. The minimum Gasteiger partial charge on any atom is -0.870 e. The largest absolute Gasteiger partial charge is 0.870 e. The number of aliphatic hydroxyl groups excluding tert-OH is 1. The number of rotatable bonds is 2. The third-order valence-corrected chi connectivity index (χ3v) is 1.47. The van der Waals surface area contributed by atoms with Gasteiger partial charge in [0.05, 0.1) is 6.61 Å². The Morgan fingerprint density at radius 2 is 2.27 bits per heavy atom. The van der Waals surface area contributed by atoms with Gasteiger partial charge >= 0.3 is 0 Å². The monoisotopic (exact) mass is 155 g/mol. The van der Waals surface area contributed by atoms with E-state index in [0.29, 0.717) is 0 Å². The van der Waals surface area contributed by atoms with Gasteiger partial charge in [-0.05, 0) is 13.0 Å². The number of aryl methyl sites for hydroxylation is 1. The van der Waals surface area contributed by atoms with E-state index in [0.717, 1.165) is 12.1 Å². The van der Waals surface area contributed by atoms with Crippen LogP contribution in [0, 0.1) is 0 Å². The first kappa shape index (κ1) is 10.1. The molecule has 0 fully saturated rings. The molecular weight excluding hydrogens is 142 g/mol. The Morgan fingerprint density at radius 3 is 2.82 bits per heavy atom. The van der Waals surface area contributed by atoms with Crippen molar-refractivity contribution in [1.82, 2.24) is 0 Å². The Morgan fingerprint density at radius 1 is 1.55 bits per heavy atom. The standard InChI is InChI=1S/C8H12NO.H2O/c1-2-9-5-3-4-8(6-9)7-10;/h3-6,10H,2,7H2,1H3;1H2/q+1;/p-1. The summed E-state index contributed by atoms with van der Waals surface area (Å²) in [6.45, 7) is 3.15. The zero-order valence-corrected chi connectivity index (χ0v) is 6.57. The molecule has 0 aliphatic carbocycles. The van der Waals surface area contributed by atoms with Gasteiger partial charge in [-0.15, -0.1) is 0 Å². The van der Waals surface area contributed by atoms with E-state index in [1.165, 1.54) is 0 Å². The molecule has 0 amide bonds. The van der Waals surface area contributed by atoms with Gasteiger partial charge in [-0.1, -0.05) is 0 Å². The zero-order valence-electron chi connectivity index (χ0n) is 6.57. The fourth-order valence-corrected chi connectivity index (χ4v) is 0.866. The summed E-state index contributed by atoms with van der Waals surface area (Å²) in [5.74, 6) is 0. The Hall–Kier alpha value is -0.930. The molecule has 1 aromatic rings. The second-order valence-electron chi connectivity index (χ2n) is 2.20. The summed E-state index contributed by atoms with van der Waals surface area (Å²) in [4.78, 5) is 0. The molecule has 0 saturated heterocycles. The van der Waals surface area contributed by atoms with Crippen LogP contribution in [0.25, 0.3) is 0 Å². The maximum absolute atomic E-state index is 8.74. The number of hydrogen-bond donors (Lipinski definition) is 1. The second kappa shape index (κ2) is 4.82. The molecule has 1 aromatic heterocycles. The number of aliphatic hydroxyl groups is 1. The van der Waals surface area contributed by atoms with Crippen LogP contribution in [0.3, 0.4) is 0 Å². The van der Waals surface area contributed by atoms with Crippen molar-refractivity contribution in [1.29, 1.82) is 0 Å². The van der Waals surface area contributed by atoms with Crippen molar-refractivity contribution < 1.29 is 15.1 Å². The molecule has 0 saturated carbocycles. The van der Waals surface area contributed by atoms with Crippen molar-refractivity contribution in [2.45, 2.75) is 20.1 Å².